The maximum atomic E-state index is 13.5. The number of fused-ring (bicyclic) bond motifs is 2. The van der Waals surface area contributed by atoms with E-state index >= 15 is 0 Å². The first-order valence-electron chi connectivity index (χ1n) is 11.3. The minimum Gasteiger partial charge on any atom is -0.507 e. The van der Waals surface area contributed by atoms with Gasteiger partial charge >= 0.3 is 0 Å². The van der Waals surface area contributed by atoms with E-state index in [4.69, 9.17) is 4.42 Å². The highest BCUT2D eigenvalue weighted by Crippen LogP contribution is 2.41. The molecule has 34 heavy (non-hydrogen) atoms. The summed E-state index contributed by atoms with van der Waals surface area (Å²) in [6.07, 6.45) is 8.32. The van der Waals surface area contributed by atoms with Crippen molar-refractivity contribution < 1.29 is 24.8 Å². The molecule has 0 aliphatic carbocycles. The summed E-state index contributed by atoms with van der Waals surface area (Å²) < 4.78 is 5.93. The van der Waals surface area contributed by atoms with Crippen molar-refractivity contribution in [1.29, 1.82) is 0 Å². The van der Waals surface area contributed by atoms with Crippen molar-refractivity contribution in [2.45, 2.75) is 60.3 Å². The van der Waals surface area contributed by atoms with Crippen LogP contribution in [0.4, 0.5) is 0 Å². The first-order valence-corrected chi connectivity index (χ1v) is 11.3. The molecule has 180 valence electrons. The summed E-state index contributed by atoms with van der Waals surface area (Å²) in [7, 11) is 0. The molecule has 6 heteroatoms. The van der Waals surface area contributed by atoms with Gasteiger partial charge in [0.15, 0.2) is 11.3 Å². The third-order valence-electron chi connectivity index (χ3n) is 5.79. The number of phenols is 4. The Kier molecular flexibility index (Phi) is 7.40. The lowest BCUT2D eigenvalue weighted by Crippen LogP contribution is -2.07. The molecule has 4 N–H and O–H groups in total. The molecule has 1 aromatic heterocycles. The zero-order valence-electron chi connectivity index (χ0n) is 20.3. The van der Waals surface area contributed by atoms with E-state index in [1.807, 2.05) is 46.8 Å². The standard InChI is InChI=1S/C28H32O6/c1-15(2)7-6-8-17(5)10-12-19-20(29)14-21(30)24-26(33)23-18(11-9-16(3)4)13-22(31)25(32)28(23)34-27(19)24/h7,9-10,13-14,29-32H,6,8,11-12H2,1-5H3. The molecule has 0 aliphatic heterocycles. The average molecular weight is 465 g/mol. The Morgan fingerprint density at radius 2 is 1.47 bits per heavy atom. The van der Waals surface area contributed by atoms with Crippen molar-refractivity contribution >= 4 is 21.9 Å². The second kappa shape index (κ2) is 10.1. The molecule has 0 aliphatic rings. The fourth-order valence-electron chi connectivity index (χ4n) is 3.91. The molecule has 0 saturated carbocycles. The fourth-order valence-corrected chi connectivity index (χ4v) is 3.91. The Morgan fingerprint density at radius 1 is 0.794 bits per heavy atom. The van der Waals surface area contributed by atoms with Crippen LogP contribution in [0.15, 0.2) is 56.3 Å². The number of hydrogen-bond acceptors (Lipinski definition) is 6. The first kappa shape index (κ1) is 25.0. The predicted octanol–water partition coefficient (Wildman–Crippen LogP) is 6.51. The van der Waals surface area contributed by atoms with Gasteiger partial charge in [-0.1, -0.05) is 34.9 Å². The molecule has 0 unspecified atom stereocenters. The van der Waals surface area contributed by atoms with Gasteiger partial charge in [-0.2, -0.15) is 0 Å². The van der Waals surface area contributed by atoms with Crippen LogP contribution in [0.5, 0.6) is 23.0 Å². The van der Waals surface area contributed by atoms with E-state index in [0.29, 0.717) is 17.5 Å². The topological polar surface area (TPSA) is 111 Å². The Morgan fingerprint density at radius 3 is 2.12 bits per heavy atom. The lowest BCUT2D eigenvalue weighted by molar-refractivity contribution is 0.400. The maximum Gasteiger partial charge on any atom is 0.204 e. The maximum absolute atomic E-state index is 13.5. The molecule has 1 heterocycles. The lowest BCUT2D eigenvalue weighted by Gasteiger charge is -2.13. The monoisotopic (exact) mass is 464 g/mol. The normalized spacial score (nSPS) is 11.7. The minimum atomic E-state index is -0.558. The molecule has 0 amide bonds. The minimum absolute atomic E-state index is 0.0163. The predicted molar refractivity (Wildman–Crippen MR) is 136 cm³/mol. The Hall–Kier alpha value is -3.67. The van der Waals surface area contributed by atoms with E-state index in [1.54, 1.807) is 0 Å². The summed E-state index contributed by atoms with van der Waals surface area (Å²) >= 11 is 0. The Bertz CT molecular complexity index is 1390. The first-order chi connectivity index (χ1) is 16.0. The van der Waals surface area contributed by atoms with Crippen LogP contribution in [0.2, 0.25) is 0 Å². The number of hydrogen-bond donors (Lipinski definition) is 4. The van der Waals surface area contributed by atoms with Crippen LogP contribution in [-0.2, 0) is 12.8 Å². The van der Waals surface area contributed by atoms with Gasteiger partial charge in [0.1, 0.15) is 22.5 Å². The van der Waals surface area contributed by atoms with Crippen LogP contribution in [-0.4, -0.2) is 20.4 Å². The number of rotatable bonds is 7. The van der Waals surface area contributed by atoms with Gasteiger partial charge in [-0.3, -0.25) is 4.79 Å². The third kappa shape index (κ3) is 5.11. The van der Waals surface area contributed by atoms with Crippen molar-refractivity contribution in [3.8, 4) is 23.0 Å². The number of phenolic OH excluding ortho intramolecular Hbond substituents is 4. The van der Waals surface area contributed by atoms with E-state index in [-0.39, 0.29) is 34.1 Å². The molecule has 3 rings (SSSR count). The van der Waals surface area contributed by atoms with Crippen molar-refractivity contribution in [3.63, 3.8) is 0 Å². The smallest absolute Gasteiger partial charge is 0.204 e. The number of benzene rings is 2. The molecule has 2 aromatic carbocycles. The van der Waals surface area contributed by atoms with Crippen LogP contribution in [0.25, 0.3) is 21.9 Å². The van der Waals surface area contributed by atoms with Gasteiger partial charge in [-0.25, -0.2) is 0 Å². The fraction of sp³-hybridized carbons (Fsp3) is 0.321. The van der Waals surface area contributed by atoms with Crippen LogP contribution in [0.3, 0.4) is 0 Å². The molecule has 0 bridgehead atoms. The molecule has 6 nitrogen and oxygen atoms in total. The van der Waals surface area contributed by atoms with Crippen LogP contribution in [0.1, 0.15) is 58.6 Å². The van der Waals surface area contributed by atoms with E-state index in [2.05, 4.69) is 6.08 Å². The summed E-state index contributed by atoms with van der Waals surface area (Å²) in [5, 5.41) is 41.9. The van der Waals surface area contributed by atoms with Gasteiger partial charge in [-0.15, -0.1) is 0 Å². The SMILES string of the molecule is CC(C)=CCCC(C)=CCc1c(O)cc(O)c2c(=O)c3c(CC=C(C)C)cc(O)c(O)c3oc12. The molecule has 0 fully saturated rings. The Balaban J connectivity index is 2.24. The highest BCUT2D eigenvalue weighted by atomic mass is 16.4. The molecular formula is C28H32O6. The summed E-state index contributed by atoms with van der Waals surface area (Å²) in [4.78, 5) is 13.5. The molecule has 0 atom stereocenters. The van der Waals surface area contributed by atoms with Gasteiger partial charge in [0.05, 0.1) is 5.39 Å². The lowest BCUT2D eigenvalue weighted by atomic mass is 9.98. The van der Waals surface area contributed by atoms with E-state index < -0.39 is 22.7 Å². The van der Waals surface area contributed by atoms with Crippen molar-refractivity contribution in [3.05, 3.63) is 68.4 Å². The molecular weight excluding hydrogens is 432 g/mol. The molecule has 0 spiro atoms. The van der Waals surface area contributed by atoms with Crippen molar-refractivity contribution in [1.82, 2.24) is 0 Å². The van der Waals surface area contributed by atoms with Crippen LogP contribution >= 0.6 is 0 Å². The molecule has 0 radical (unpaired) electrons. The zero-order valence-corrected chi connectivity index (χ0v) is 20.3. The Labute approximate surface area is 198 Å². The van der Waals surface area contributed by atoms with Gasteiger partial charge in [0.25, 0.3) is 0 Å². The van der Waals surface area contributed by atoms with Gasteiger partial charge in [-0.05, 0) is 71.9 Å². The van der Waals surface area contributed by atoms with Gasteiger partial charge in [0.2, 0.25) is 11.2 Å². The average Bonchev–Trinajstić information content (AvgIpc) is 2.74. The quantitative estimate of drug-likeness (QED) is 0.180. The molecule has 3 aromatic rings. The van der Waals surface area contributed by atoms with E-state index in [0.717, 1.165) is 30.1 Å². The summed E-state index contributed by atoms with van der Waals surface area (Å²) in [5.74, 6) is -1.59. The summed E-state index contributed by atoms with van der Waals surface area (Å²) in [6.45, 7) is 9.91. The van der Waals surface area contributed by atoms with Gasteiger partial charge in [0, 0.05) is 11.6 Å². The van der Waals surface area contributed by atoms with Crippen molar-refractivity contribution in [2.24, 2.45) is 0 Å². The van der Waals surface area contributed by atoms with E-state index in [9.17, 15) is 25.2 Å². The van der Waals surface area contributed by atoms with Gasteiger partial charge < -0.3 is 24.8 Å². The van der Waals surface area contributed by atoms with E-state index in [1.165, 1.54) is 11.6 Å². The number of allylic oxidation sites excluding steroid dienone is 6. The second-order valence-electron chi connectivity index (χ2n) is 9.20. The van der Waals surface area contributed by atoms with Crippen LogP contribution < -0.4 is 5.43 Å². The summed E-state index contributed by atoms with van der Waals surface area (Å²) in [6, 6.07) is 2.47. The molecule has 0 saturated heterocycles. The zero-order chi connectivity index (χ0) is 25.2. The third-order valence-corrected chi connectivity index (χ3v) is 5.79. The summed E-state index contributed by atoms with van der Waals surface area (Å²) in [5.41, 5.74) is 3.43. The highest BCUT2D eigenvalue weighted by Gasteiger charge is 2.23. The highest BCUT2D eigenvalue weighted by molar-refractivity contribution is 5.99. The second-order valence-corrected chi connectivity index (χ2v) is 9.20. The van der Waals surface area contributed by atoms with Crippen molar-refractivity contribution in [2.75, 3.05) is 0 Å². The number of aromatic hydroxyl groups is 4. The largest absolute Gasteiger partial charge is 0.507 e. The van der Waals surface area contributed by atoms with Crippen LogP contribution in [0, 0.1) is 0 Å².